The third-order valence-electron chi connectivity index (χ3n) is 8.43. The van der Waals surface area contributed by atoms with E-state index in [1.165, 1.54) is 51.4 Å². The Morgan fingerprint density at radius 3 is 2.62 bits per heavy atom. The monoisotopic (exact) mass is 400 g/mol. The van der Waals surface area contributed by atoms with Gasteiger partial charge in [0.25, 0.3) is 0 Å². The Balaban J connectivity index is 1.71. The standard InChI is InChI=1S/C27H44O2/c1-18(2)8-6-9-19(3)24-13-14-25-21(10-7-15-27(24,25)5)11-12-22-16-23(28)17-26(29)20(22)4/h11-12,18-19,23-26,28-29H,4,6-10,13-17H2,1-3,5H3/b21-11+,22-12-/t19-,23-,24-,25?,26?,27-/m1/s1. The molecule has 2 nitrogen and oxygen atoms in total. The second kappa shape index (κ2) is 9.52. The van der Waals surface area contributed by atoms with Crippen LogP contribution >= 0.6 is 0 Å². The Morgan fingerprint density at radius 2 is 1.90 bits per heavy atom. The lowest BCUT2D eigenvalue weighted by Gasteiger charge is -2.44. The summed E-state index contributed by atoms with van der Waals surface area (Å²) >= 11 is 0. The largest absolute Gasteiger partial charge is 0.393 e. The van der Waals surface area contributed by atoms with Gasteiger partial charge in [-0.3, -0.25) is 0 Å². The number of rotatable bonds is 6. The van der Waals surface area contributed by atoms with Crippen molar-refractivity contribution in [3.8, 4) is 0 Å². The van der Waals surface area contributed by atoms with Crippen LogP contribution in [0.3, 0.4) is 0 Å². The molecule has 29 heavy (non-hydrogen) atoms. The summed E-state index contributed by atoms with van der Waals surface area (Å²) in [5.41, 5.74) is 3.88. The first-order valence-corrected chi connectivity index (χ1v) is 12.2. The van der Waals surface area contributed by atoms with Gasteiger partial charge in [0.2, 0.25) is 0 Å². The van der Waals surface area contributed by atoms with Crippen LogP contribution in [0.1, 0.15) is 91.9 Å². The molecule has 3 aliphatic rings. The molecule has 0 spiro atoms. The third kappa shape index (κ3) is 5.07. The number of fused-ring (bicyclic) bond motifs is 1. The number of hydrogen-bond donors (Lipinski definition) is 2. The lowest BCUT2D eigenvalue weighted by molar-refractivity contribution is 0.0861. The molecular weight excluding hydrogens is 356 g/mol. The molecule has 0 bridgehead atoms. The van der Waals surface area contributed by atoms with Crippen LogP contribution < -0.4 is 0 Å². The maximum absolute atomic E-state index is 10.1. The highest BCUT2D eigenvalue weighted by molar-refractivity contribution is 5.38. The second-order valence-electron chi connectivity index (χ2n) is 11.0. The molecule has 0 aromatic carbocycles. The van der Waals surface area contributed by atoms with Gasteiger partial charge in [0.1, 0.15) is 0 Å². The van der Waals surface area contributed by atoms with Crippen molar-refractivity contribution in [1.82, 2.24) is 0 Å². The van der Waals surface area contributed by atoms with Gasteiger partial charge in [0.15, 0.2) is 0 Å². The molecular formula is C27H44O2. The SMILES string of the molecule is C=C1/C(=C\C=C2/CCC[C@@]3(C)C2CC[C@@H]3[C@H](C)CCCC(C)C)C[C@@H](O)CC1O. The minimum absolute atomic E-state index is 0.420. The van der Waals surface area contributed by atoms with Crippen LogP contribution in [-0.2, 0) is 0 Å². The highest BCUT2D eigenvalue weighted by atomic mass is 16.3. The summed E-state index contributed by atoms with van der Waals surface area (Å²) in [6, 6.07) is 0. The van der Waals surface area contributed by atoms with Gasteiger partial charge in [0.05, 0.1) is 12.2 Å². The fourth-order valence-electron chi connectivity index (χ4n) is 6.73. The van der Waals surface area contributed by atoms with E-state index in [0.29, 0.717) is 24.2 Å². The van der Waals surface area contributed by atoms with Crippen molar-refractivity contribution in [2.24, 2.45) is 29.1 Å². The maximum atomic E-state index is 10.1. The topological polar surface area (TPSA) is 40.5 Å². The van der Waals surface area contributed by atoms with Crippen molar-refractivity contribution in [3.63, 3.8) is 0 Å². The molecule has 6 atom stereocenters. The van der Waals surface area contributed by atoms with Gasteiger partial charge in [-0.1, -0.05) is 71.3 Å². The van der Waals surface area contributed by atoms with E-state index < -0.39 is 12.2 Å². The maximum Gasteiger partial charge on any atom is 0.0811 e. The Labute approximate surface area is 179 Å². The zero-order valence-electron chi connectivity index (χ0n) is 19.3. The number of hydrogen-bond acceptors (Lipinski definition) is 2. The van der Waals surface area contributed by atoms with Crippen molar-refractivity contribution in [2.45, 2.75) is 104 Å². The Hall–Kier alpha value is -0.860. The fraction of sp³-hybridized carbons (Fsp3) is 0.778. The Bertz CT molecular complexity index is 643. The van der Waals surface area contributed by atoms with Gasteiger partial charge in [-0.25, -0.2) is 0 Å². The van der Waals surface area contributed by atoms with Gasteiger partial charge < -0.3 is 10.2 Å². The molecule has 2 unspecified atom stereocenters. The van der Waals surface area contributed by atoms with Crippen LogP contribution in [0.25, 0.3) is 0 Å². The molecule has 0 aliphatic heterocycles. The molecule has 0 heterocycles. The van der Waals surface area contributed by atoms with Gasteiger partial charge in [-0.15, -0.1) is 0 Å². The van der Waals surface area contributed by atoms with Crippen LogP contribution in [-0.4, -0.2) is 22.4 Å². The van der Waals surface area contributed by atoms with Gasteiger partial charge in [-0.05, 0) is 78.8 Å². The molecule has 3 fully saturated rings. The van der Waals surface area contributed by atoms with Crippen LogP contribution in [0.5, 0.6) is 0 Å². The lowest BCUT2D eigenvalue weighted by Crippen LogP contribution is -2.36. The van der Waals surface area contributed by atoms with Crippen LogP contribution in [0.15, 0.2) is 35.5 Å². The summed E-state index contributed by atoms with van der Waals surface area (Å²) in [7, 11) is 0. The molecule has 164 valence electrons. The normalized spacial score (nSPS) is 39.3. The van der Waals surface area contributed by atoms with E-state index in [1.54, 1.807) is 5.57 Å². The Morgan fingerprint density at radius 1 is 1.14 bits per heavy atom. The van der Waals surface area contributed by atoms with E-state index in [1.807, 2.05) is 0 Å². The van der Waals surface area contributed by atoms with E-state index in [9.17, 15) is 10.2 Å². The molecule has 3 saturated carbocycles. The van der Waals surface area contributed by atoms with Crippen molar-refractivity contribution in [2.75, 3.05) is 0 Å². The third-order valence-corrected chi connectivity index (χ3v) is 8.43. The molecule has 0 radical (unpaired) electrons. The van der Waals surface area contributed by atoms with Crippen LogP contribution in [0.2, 0.25) is 0 Å². The first-order chi connectivity index (χ1) is 13.7. The van der Waals surface area contributed by atoms with Gasteiger partial charge >= 0.3 is 0 Å². The van der Waals surface area contributed by atoms with E-state index in [4.69, 9.17) is 0 Å². The van der Waals surface area contributed by atoms with E-state index in [-0.39, 0.29) is 0 Å². The first kappa shape index (κ1) is 22.8. The van der Waals surface area contributed by atoms with E-state index >= 15 is 0 Å². The van der Waals surface area contributed by atoms with Gasteiger partial charge in [-0.2, -0.15) is 0 Å². The summed E-state index contributed by atoms with van der Waals surface area (Å²) in [5.74, 6) is 3.20. The molecule has 2 N–H and O–H groups in total. The summed E-state index contributed by atoms with van der Waals surface area (Å²) in [4.78, 5) is 0. The summed E-state index contributed by atoms with van der Waals surface area (Å²) < 4.78 is 0. The van der Waals surface area contributed by atoms with Gasteiger partial charge in [0, 0.05) is 6.42 Å². The molecule has 3 aliphatic carbocycles. The number of aliphatic hydroxyl groups is 2. The van der Waals surface area contributed by atoms with Crippen molar-refractivity contribution in [3.05, 3.63) is 35.5 Å². The van der Waals surface area contributed by atoms with Crippen molar-refractivity contribution < 1.29 is 10.2 Å². The van der Waals surface area contributed by atoms with Crippen LogP contribution in [0, 0.1) is 29.1 Å². The summed E-state index contributed by atoms with van der Waals surface area (Å²) in [6.07, 6.45) is 15.2. The molecule has 0 aromatic rings. The molecule has 0 amide bonds. The average molecular weight is 401 g/mol. The Kier molecular flexibility index (Phi) is 7.49. The molecule has 3 rings (SSSR count). The smallest absolute Gasteiger partial charge is 0.0811 e. The highest BCUT2D eigenvalue weighted by Gasteiger charge is 2.50. The molecule has 2 heteroatoms. The van der Waals surface area contributed by atoms with Crippen molar-refractivity contribution >= 4 is 0 Å². The van der Waals surface area contributed by atoms with E-state index in [0.717, 1.165) is 28.9 Å². The highest BCUT2D eigenvalue weighted by Crippen LogP contribution is 2.59. The van der Waals surface area contributed by atoms with E-state index in [2.05, 4.69) is 46.4 Å². The lowest BCUT2D eigenvalue weighted by atomic mass is 9.60. The molecule has 0 saturated heterocycles. The zero-order valence-corrected chi connectivity index (χ0v) is 19.3. The number of aliphatic hydroxyl groups excluding tert-OH is 2. The van der Waals surface area contributed by atoms with Crippen molar-refractivity contribution in [1.29, 1.82) is 0 Å². The minimum atomic E-state index is -0.595. The number of allylic oxidation sites excluding steroid dienone is 3. The first-order valence-electron chi connectivity index (χ1n) is 12.2. The zero-order chi connectivity index (χ0) is 21.2. The summed E-state index contributed by atoms with van der Waals surface area (Å²) in [5, 5.41) is 20.2. The average Bonchev–Trinajstić information content (AvgIpc) is 3.00. The predicted molar refractivity (Wildman–Crippen MR) is 123 cm³/mol. The summed E-state index contributed by atoms with van der Waals surface area (Å²) in [6.45, 7) is 13.8. The molecule has 0 aromatic heterocycles. The predicted octanol–water partition coefficient (Wildman–Crippen LogP) is 6.59. The quantitative estimate of drug-likeness (QED) is 0.528. The fourth-order valence-corrected chi connectivity index (χ4v) is 6.73. The minimum Gasteiger partial charge on any atom is -0.393 e. The second-order valence-corrected chi connectivity index (χ2v) is 11.0. The van der Waals surface area contributed by atoms with Crippen LogP contribution in [0.4, 0.5) is 0 Å².